The first-order chi connectivity index (χ1) is 7.08. The molecule has 0 atom stereocenters. The van der Waals surface area contributed by atoms with Crippen LogP contribution in [-0.4, -0.2) is 42.6 Å². The van der Waals surface area contributed by atoms with Gasteiger partial charge in [0.1, 0.15) is 6.54 Å². The number of carbonyl (C=O) groups is 1. The molecule has 0 spiro atoms. The molecule has 0 saturated carbocycles. The molecule has 0 aromatic heterocycles. The zero-order chi connectivity index (χ0) is 13.0. The highest BCUT2D eigenvalue weighted by atomic mass is 32.2. The van der Waals surface area contributed by atoms with E-state index in [-0.39, 0.29) is 17.7 Å². The fraction of sp³-hybridized carbons (Fsp3) is 0.900. The van der Waals surface area contributed by atoms with Crippen molar-refractivity contribution >= 4 is 16.0 Å². The zero-order valence-electron chi connectivity index (χ0n) is 10.4. The Hall–Kier alpha value is -0.620. The van der Waals surface area contributed by atoms with Crippen LogP contribution in [0.4, 0.5) is 0 Å². The normalized spacial score (nSPS) is 13.1. The maximum atomic E-state index is 11.8. The first-order valence-corrected chi connectivity index (χ1v) is 6.89. The van der Waals surface area contributed by atoms with Crippen molar-refractivity contribution < 1.29 is 18.3 Å². The smallest absolute Gasteiger partial charge is 0.318 e. The van der Waals surface area contributed by atoms with Gasteiger partial charge in [0, 0.05) is 6.54 Å². The lowest BCUT2D eigenvalue weighted by molar-refractivity contribution is -0.137. The number of carboxylic acids is 1. The Balaban J connectivity index is 4.56. The molecule has 0 fully saturated rings. The van der Waals surface area contributed by atoms with E-state index >= 15 is 0 Å². The van der Waals surface area contributed by atoms with Crippen molar-refractivity contribution in [2.24, 2.45) is 5.41 Å². The third kappa shape index (κ3) is 6.07. The maximum Gasteiger partial charge on any atom is 0.318 e. The summed E-state index contributed by atoms with van der Waals surface area (Å²) < 4.78 is 24.6. The lowest BCUT2D eigenvalue weighted by atomic mass is 9.94. The van der Waals surface area contributed by atoms with Crippen LogP contribution in [0.1, 0.15) is 34.1 Å². The summed E-state index contributed by atoms with van der Waals surface area (Å²) in [6, 6.07) is 0. The number of likely N-dealkylation sites (N-methyl/N-ethyl adjacent to an activating group) is 1. The molecule has 0 aromatic carbocycles. The van der Waals surface area contributed by atoms with Gasteiger partial charge in [0.25, 0.3) is 0 Å². The number of hydrogen-bond donors (Lipinski definition) is 1. The van der Waals surface area contributed by atoms with Crippen LogP contribution in [0.15, 0.2) is 0 Å². The molecule has 0 aliphatic carbocycles. The number of hydrogen-bond acceptors (Lipinski definition) is 3. The molecule has 0 aliphatic rings. The molecule has 96 valence electrons. The minimum absolute atomic E-state index is 0.00236. The molecular formula is C10H21NO4S. The van der Waals surface area contributed by atoms with Gasteiger partial charge in [-0.15, -0.1) is 0 Å². The number of sulfonamides is 1. The molecule has 0 amide bonds. The lowest BCUT2D eigenvalue weighted by Crippen LogP contribution is -2.37. The minimum atomic E-state index is -3.45. The van der Waals surface area contributed by atoms with Crippen molar-refractivity contribution in [3.63, 3.8) is 0 Å². The van der Waals surface area contributed by atoms with Crippen LogP contribution in [-0.2, 0) is 14.8 Å². The molecule has 6 heteroatoms. The monoisotopic (exact) mass is 251 g/mol. The van der Waals surface area contributed by atoms with Gasteiger partial charge in [0.05, 0.1) is 5.75 Å². The fourth-order valence-electron chi connectivity index (χ4n) is 1.12. The first kappa shape index (κ1) is 15.4. The molecule has 0 rings (SSSR count). The second-order valence-corrected chi connectivity index (χ2v) is 7.04. The first-order valence-electron chi connectivity index (χ1n) is 5.28. The highest BCUT2D eigenvalue weighted by Crippen LogP contribution is 2.20. The average molecular weight is 251 g/mol. The van der Waals surface area contributed by atoms with E-state index in [0.717, 1.165) is 4.31 Å². The van der Waals surface area contributed by atoms with Crippen molar-refractivity contribution in [3.05, 3.63) is 0 Å². The molecule has 0 aromatic rings. The standard InChI is InChI=1S/C10H21NO4S/c1-5-11(8-9(12)13)16(14,15)7-6-10(2,3)4/h5-8H2,1-4H3,(H,12,13). The topological polar surface area (TPSA) is 74.7 Å². The van der Waals surface area contributed by atoms with Gasteiger partial charge in [-0.2, -0.15) is 4.31 Å². The SMILES string of the molecule is CCN(CC(=O)O)S(=O)(=O)CCC(C)(C)C. The van der Waals surface area contributed by atoms with Gasteiger partial charge in [-0.3, -0.25) is 4.79 Å². The largest absolute Gasteiger partial charge is 0.480 e. The van der Waals surface area contributed by atoms with Crippen molar-refractivity contribution in [2.75, 3.05) is 18.8 Å². The molecule has 0 bridgehead atoms. The van der Waals surface area contributed by atoms with Gasteiger partial charge in [-0.25, -0.2) is 8.42 Å². The van der Waals surface area contributed by atoms with Crippen LogP contribution in [0.25, 0.3) is 0 Å². The van der Waals surface area contributed by atoms with Gasteiger partial charge in [0.2, 0.25) is 10.0 Å². The molecule has 0 heterocycles. The molecule has 0 aliphatic heterocycles. The number of aliphatic carboxylic acids is 1. The van der Waals surface area contributed by atoms with E-state index in [1.165, 1.54) is 0 Å². The molecule has 0 saturated heterocycles. The Morgan fingerprint density at radius 2 is 1.81 bits per heavy atom. The number of rotatable bonds is 6. The minimum Gasteiger partial charge on any atom is -0.480 e. The molecule has 0 radical (unpaired) electrons. The van der Waals surface area contributed by atoms with E-state index in [0.29, 0.717) is 6.42 Å². The highest BCUT2D eigenvalue weighted by Gasteiger charge is 2.24. The van der Waals surface area contributed by atoms with Crippen LogP contribution in [0.2, 0.25) is 0 Å². The summed E-state index contributed by atoms with van der Waals surface area (Å²) in [6.07, 6.45) is 0.519. The Labute approximate surface area is 97.5 Å². The zero-order valence-corrected chi connectivity index (χ0v) is 11.2. The van der Waals surface area contributed by atoms with E-state index < -0.39 is 22.5 Å². The van der Waals surface area contributed by atoms with Crippen molar-refractivity contribution in [2.45, 2.75) is 34.1 Å². The van der Waals surface area contributed by atoms with Crippen LogP contribution in [0, 0.1) is 5.41 Å². The molecule has 0 unspecified atom stereocenters. The average Bonchev–Trinajstić information content (AvgIpc) is 2.09. The lowest BCUT2D eigenvalue weighted by Gasteiger charge is -2.22. The van der Waals surface area contributed by atoms with Crippen molar-refractivity contribution in [1.29, 1.82) is 0 Å². The van der Waals surface area contributed by atoms with Crippen molar-refractivity contribution in [1.82, 2.24) is 4.31 Å². The van der Waals surface area contributed by atoms with E-state index in [4.69, 9.17) is 5.11 Å². The molecule has 5 nitrogen and oxygen atoms in total. The quantitative estimate of drug-likeness (QED) is 0.768. The third-order valence-electron chi connectivity index (χ3n) is 2.17. The maximum absolute atomic E-state index is 11.8. The summed E-state index contributed by atoms with van der Waals surface area (Å²) in [4.78, 5) is 10.5. The second kappa shape index (κ2) is 5.63. The molecule has 1 N–H and O–H groups in total. The third-order valence-corrected chi connectivity index (χ3v) is 4.06. The number of carboxylic acid groups (broad SMARTS) is 1. The van der Waals surface area contributed by atoms with E-state index in [2.05, 4.69) is 0 Å². The Morgan fingerprint density at radius 1 is 1.31 bits per heavy atom. The highest BCUT2D eigenvalue weighted by molar-refractivity contribution is 7.89. The van der Waals surface area contributed by atoms with E-state index in [1.807, 2.05) is 20.8 Å². The fourth-order valence-corrected chi connectivity index (χ4v) is 2.95. The summed E-state index contributed by atoms with van der Waals surface area (Å²) in [5.74, 6) is -1.13. The predicted molar refractivity (Wildman–Crippen MR) is 62.7 cm³/mol. The summed E-state index contributed by atoms with van der Waals surface area (Å²) in [5, 5.41) is 8.60. The molecule has 16 heavy (non-hydrogen) atoms. The Bertz CT molecular complexity index is 329. The Morgan fingerprint density at radius 3 is 2.12 bits per heavy atom. The van der Waals surface area contributed by atoms with E-state index in [9.17, 15) is 13.2 Å². The van der Waals surface area contributed by atoms with Gasteiger partial charge >= 0.3 is 5.97 Å². The van der Waals surface area contributed by atoms with E-state index in [1.54, 1.807) is 6.92 Å². The Kier molecular flexibility index (Phi) is 5.41. The summed E-state index contributed by atoms with van der Waals surface area (Å²) in [6.45, 7) is 7.24. The number of nitrogens with zero attached hydrogens (tertiary/aromatic N) is 1. The molecular weight excluding hydrogens is 230 g/mol. The van der Waals surface area contributed by atoms with Gasteiger partial charge < -0.3 is 5.11 Å². The van der Waals surface area contributed by atoms with Crippen LogP contribution < -0.4 is 0 Å². The van der Waals surface area contributed by atoms with Gasteiger partial charge in [0.15, 0.2) is 0 Å². The van der Waals surface area contributed by atoms with Crippen molar-refractivity contribution in [3.8, 4) is 0 Å². The second-order valence-electron chi connectivity index (χ2n) is 4.95. The summed E-state index contributed by atoms with van der Waals surface area (Å²) in [7, 11) is -3.45. The predicted octanol–water partition coefficient (Wildman–Crippen LogP) is 1.16. The van der Waals surface area contributed by atoms with Crippen LogP contribution in [0.5, 0.6) is 0 Å². The van der Waals surface area contributed by atoms with Crippen LogP contribution >= 0.6 is 0 Å². The summed E-state index contributed by atoms with van der Waals surface area (Å²) >= 11 is 0. The van der Waals surface area contributed by atoms with Gasteiger partial charge in [-0.1, -0.05) is 27.7 Å². The summed E-state index contributed by atoms with van der Waals surface area (Å²) in [5.41, 5.74) is -0.0737. The van der Waals surface area contributed by atoms with Crippen LogP contribution in [0.3, 0.4) is 0 Å². The van der Waals surface area contributed by atoms with Gasteiger partial charge in [-0.05, 0) is 11.8 Å².